The standard InChI is InChI=1S/C12H10N6/c13-11(14)10-12(16-6-5-15-10)18-7-17-8-3-1-2-4-9(8)18/h1-7H,(H3,13,14). The SMILES string of the molecule is N=C(N)c1nccnc1-n1cnc2ccccc21. The van der Waals surface area contributed by atoms with E-state index in [9.17, 15) is 0 Å². The lowest BCUT2D eigenvalue weighted by Crippen LogP contribution is -2.17. The van der Waals surface area contributed by atoms with Gasteiger partial charge in [0.2, 0.25) is 0 Å². The van der Waals surface area contributed by atoms with Crippen LogP contribution in [-0.2, 0) is 0 Å². The number of amidine groups is 1. The number of benzene rings is 1. The molecule has 18 heavy (non-hydrogen) atoms. The Morgan fingerprint density at radius 1 is 1.11 bits per heavy atom. The van der Waals surface area contributed by atoms with Gasteiger partial charge in [0, 0.05) is 12.4 Å². The number of hydrogen-bond donors (Lipinski definition) is 2. The highest BCUT2D eigenvalue weighted by Crippen LogP contribution is 2.17. The van der Waals surface area contributed by atoms with E-state index in [-0.39, 0.29) is 5.84 Å². The first-order chi connectivity index (χ1) is 8.77. The smallest absolute Gasteiger partial charge is 0.168 e. The summed E-state index contributed by atoms with van der Waals surface area (Å²) in [4.78, 5) is 12.6. The zero-order valence-electron chi connectivity index (χ0n) is 9.41. The molecule has 0 unspecified atom stereocenters. The normalized spacial score (nSPS) is 10.7. The zero-order chi connectivity index (χ0) is 12.5. The van der Waals surface area contributed by atoms with Gasteiger partial charge in [-0.2, -0.15) is 0 Å². The average Bonchev–Trinajstić information content (AvgIpc) is 2.82. The van der Waals surface area contributed by atoms with Gasteiger partial charge in [0.1, 0.15) is 17.9 Å². The summed E-state index contributed by atoms with van der Waals surface area (Å²) in [5.74, 6) is 0.398. The molecule has 6 nitrogen and oxygen atoms in total. The molecule has 0 saturated heterocycles. The van der Waals surface area contributed by atoms with Crippen LogP contribution in [0.25, 0.3) is 16.9 Å². The topological polar surface area (TPSA) is 93.5 Å². The van der Waals surface area contributed by atoms with Gasteiger partial charge in [0.15, 0.2) is 5.82 Å². The minimum absolute atomic E-state index is 0.115. The largest absolute Gasteiger partial charge is 0.382 e. The molecule has 0 bridgehead atoms. The molecule has 0 spiro atoms. The zero-order valence-corrected chi connectivity index (χ0v) is 9.41. The molecule has 3 rings (SSSR count). The maximum Gasteiger partial charge on any atom is 0.168 e. The summed E-state index contributed by atoms with van der Waals surface area (Å²) in [6, 6.07) is 7.68. The number of nitrogens with zero attached hydrogens (tertiary/aromatic N) is 4. The highest BCUT2D eigenvalue weighted by molar-refractivity contribution is 5.96. The lowest BCUT2D eigenvalue weighted by Gasteiger charge is -2.07. The summed E-state index contributed by atoms with van der Waals surface area (Å²) < 4.78 is 1.78. The van der Waals surface area contributed by atoms with Crippen LogP contribution in [0.3, 0.4) is 0 Å². The molecule has 0 atom stereocenters. The van der Waals surface area contributed by atoms with E-state index in [4.69, 9.17) is 11.1 Å². The van der Waals surface area contributed by atoms with Crippen molar-refractivity contribution in [2.75, 3.05) is 0 Å². The van der Waals surface area contributed by atoms with Crippen LogP contribution in [0.1, 0.15) is 5.69 Å². The van der Waals surface area contributed by atoms with Crippen LogP contribution in [-0.4, -0.2) is 25.4 Å². The molecule has 0 aliphatic heterocycles. The summed E-state index contributed by atoms with van der Waals surface area (Å²) in [6.45, 7) is 0. The second-order valence-electron chi connectivity index (χ2n) is 3.75. The molecule has 0 aliphatic rings. The van der Waals surface area contributed by atoms with Crippen molar-refractivity contribution in [3.8, 4) is 5.82 Å². The summed E-state index contributed by atoms with van der Waals surface area (Å²) >= 11 is 0. The second-order valence-corrected chi connectivity index (χ2v) is 3.75. The van der Waals surface area contributed by atoms with E-state index in [2.05, 4.69) is 15.0 Å². The molecule has 2 aromatic heterocycles. The van der Waals surface area contributed by atoms with Crippen LogP contribution in [0, 0.1) is 5.41 Å². The minimum Gasteiger partial charge on any atom is -0.382 e. The molecule has 2 heterocycles. The van der Waals surface area contributed by atoms with Crippen molar-refractivity contribution in [3.05, 3.63) is 48.7 Å². The van der Waals surface area contributed by atoms with Crippen LogP contribution >= 0.6 is 0 Å². The van der Waals surface area contributed by atoms with E-state index in [1.807, 2.05) is 24.3 Å². The van der Waals surface area contributed by atoms with Crippen LogP contribution in [0.5, 0.6) is 0 Å². The van der Waals surface area contributed by atoms with Gasteiger partial charge in [-0.1, -0.05) is 12.1 Å². The summed E-state index contributed by atoms with van der Waals surface area (Å²) in [7, 11) is 0. The van der Waals surface area contributed by atoms with Crippen LogP contribution in [0.2, 0.25) is 0 Å². The minimum atomic E-state index is -0.115. The molecule has 0 amide bonds. The summed E-state index contributed by atoms with van der Waals surface area (Å²) in [5, 5.41) is 7.53. The predicted octanol–water partition coefficient (Wildman–Crippen LogP) is 1.10. The number of nitrogens with two attached hydrogens (primary N) is 1. The van der Waals surface area contributed by atoms with Crippen molar-refractivity contribution in [2.45, 2.75) is 0 Å². The fourth-order valence-electron chi connectivity index (χ4n) is 1.82. The first-order valence-corrected chi connectivity index (χ1v) is 5.35. The quantitative estimate of drug-likeness (QED) is 0.516. The maximum atomic E-state index is 7.53. The average molecular weight is 238 g/mol. The molecule has 3 aromatic rings. The maximum absolute atomic E-state index is 7.53. The van der Waals surface area contributed by atoms with Crippen molar-refractivity contribution >= 4 is 16.9 Å². The second kappa shape index (κ2) is 3.92. The summed E-state index contributed by atoms with van der Waals surface area (Å²) in [5.41, 5.74) is 7.62. The van der Waals surface area contributed by atoms with Crippen molar-refractivity contribution < 1.29 is 0 Å². The number of nitrogen functional groups attached to an aromatic ring is 1. The Morgan fingerprint density at radius 3 is 2.72 bits per heavy atom. The number of fused-ring (bicyclic) bond motifs is 1. The molecule has 0 aliphatic carbocycles. The number of aromatic nitrogens is 4. The van der Waals surface area contributed by atoms with Crippen molar-refractivity contribution in [2.24, 2.45) is 5.73 Å². The Labute approximate surface area is 103 Å². The number of para-hydroxylation sites is 2. The molecule has 0 radical (unpaired) electrons. The Balaban J connectivity index is 2.30. The predicted molar refractivity (Wildman–Crippen MR) is 67.7 cm³/mol. The molecule has 88 valence electrons. The molecule has 1 aromatic carbocycles. The van der Waals surface area contributed by atoms with E-state index in [0.29, 0.717) is 11.5 Å². The van der Waals surface area contributed by atoms with E-state index in [0.717, 1.165) is 11.0 Å². The molecule has 6 heteroatoms. The van der Waals surface area contributed by atoms with Gasteiger partial charge in [-0.3, -0.25) is 9.98 Å². The molecule has 0 fully saturated rings. The lowest BCUT2D eigenvalue weighted by molar-refractivity contribution is 0.983. The van der Waals surface area contributed by atoms with E-state index < -0.39 is 0 Å². The van der Waals surface area contributed by atoms with Gasteiger partial charge in [0.05, 0.1) is 11.0 Å². The number of rotatable bonds is 2. The van der Waals surface area contributed by atoms with Gasteiger partial charge < -0.3 is 5.73 Å². The van der Waals surface area contributed by atoms with Crippen molar-refractivity contribution in [1.29, 1.82) is 5.41 Å². The van der Waals surface area contributed by atoms with Crippen LogP contribution in [0.4, 0.5) is 0 Å². The van der Waals surface area contributed by atoms with Gasteiger partial charge in [-0.15, -0.1) is 0 Å². The highest BCUT2D eigenvalue weighted by Gasteiger charge is 2.12. The highest BCUT2D eigenvalue weighted by atomic mass is 15.1. The van der Waals surface area contributed by atoms with Gasteiger partial charge in [-0.05, 0) is 12.1 Å². The number of nitrogens with one attached hydrogen (secondary N) is 1. The molecule has 3 N–H and O–H groups in total. The van der Waals surface area contributed by atoms with Gasteiger partial charge in [0.25, 0.3) is 0 Å². The van der Waals surface area contributed by atoms with Crippen molar-refractivity contribution in [1.82, 2.24) is 19.5 Å². The Kier molecular flexibility index (Phi) is 2.26. The van der Waals surface area contributed by atoms with E-state index in [1.165, 1.54) is 6.20 Å². The number of hydrogen-bond acceptors (Lipinski definition) is 4. The fraction of sp³-hybridized carbons (Fsp3) is 0. The van der Waals surface area contributed by atoms with E-state index >= 15 is 0 Å². The first kappa shape index (κ1) is 10.4. The third-order valence-electron chi connectivity index (χ3n) is 2.62. The van der Waals surface area contributed by atoms with E-state index in [1.54, 1.807) is 17.1 Å². The third kappa shape index (κ3) is 1.51. The number of imidazole rings is 1. The lowest BCUT2D eigenvalue weighted by atomic mass is 10.3. The van der Waals surface area contributed by atoms with Gasteiger partial charge >= 0.3 is 0 Å². The Hall–Kier alpha value is -2.76. The monoisotopic (exact) mass is 238 g/mol. The van der Waals surface area contributed by atoms with Crippen LogP contribution < -0.4 is 5.73 Å². The molecular formula is C12H10N6. The molecule has 0 saturated carbocycles. The summed E-state index contributed by atoms with van der Waals surface area (Å²) in [6.07, 6.45) is 4.73. The fourth-order valence-corrected chi connectivity index (χ4v) is 1.82. The first-order valence-electron chi connectivity index (χ1n) is 5.35. The van der Waals surface area contributed by atoms with Crippen LogP contribution in [0.15, 0.2) is 43.0 Å². The Bertz CT molecular complexity index is 730. The Morgan fingerprint density at radius 2 is 1.89 bits per heavy atom. The molecular weight excluding hydrogens is 228 g/mol. The van der Waals surface area contributed by atoms with Crippen molar-refractivity contribution in [3.63, 3.8) is 0 Å². The van der Waals surface area contributed by atoms with Gasteiger partial charge in [-0.25, -0.2) is 15.0 Å². The third-order valence-corrected chi connectivity index (χ3v) is 2.62.